The Morgan fingerprint density at radius 3 is 2.07 bits per heavy atom. The van der Waals surface area contributed by atoms with E-state index < -0.39 is 0 Å². The molecule has 0 aliphatic heterocycles. The topological polar surface area (TPSA) is 60.8 Å². The summed E-state index contributed by atoms with van der Waals surface area (Å²) >= 11 is 0. The molecule has 0 atom stereocenters. The molecule has 0 saturated carbocycles. The van der Waals surface area contributed by atoms with E-state index in [9.17, 15) is 5.11 Å². The maximum atomic E-state index is 11.1. The molecule has 1 aromatic heterocycles. The minimum Gasteiger partial charge on any atom is -0.507 e. The molecule has 0 saturated heterocycles. The van der Waals surface area contributed by atoms with Crippen molar-refractivity contribution in [3.63, 3.8) is 0 Å². The first-order chi connectivity index (χ1) is 14.4. The molecule has 1 N–H and O–H groups in total. The zero-order valence-corrected chi connectivity index (χ0v) is 18.1. The van der Waals surface area contributed by atoms with Crippen LogP contribution in [-0.4, -0.2) is 31.4 Å². The van der Waals surface area contributed by atoms with E-state index in [0.717, 1.165) is 61.1 Å². The molecule has 0 spiro atoms. The SMILES string of the molecule is COc1cccc2c(-c3c(O)cc(OC)c4c(C)nc(C)cc34)c(C)cc(OC)c12. The fourth-order valence-corrected chi connectivity index (χ4v) is 4.38. The number of methoxy groups -OCH3 is 3. The van der Waals surface area contributed by atoms with Gasteiger partial charge in [-0.2, -0.15) is 0 Å². The summed E-state index contributed by atoms with van der Waals surface area (Å²) in [6.45, 7) is 5.93. The first kappa shape index (κ1) is 19.8. The molecule has 30 heavy (non-hydrogen) atoms. The summed E-state index contributed by atoms with van der Waals surface area (Å²) in [7, 11) is 4.90. The lowest BCUT2D eigenvalue weighted by molar-refractivity contribution is 0.405. The molecule has 5 heteroatoms. The van der Waals surface area contributed by atoms with Crippen molar-refractivity contribution in [2.45, 2.75) is 20.8 Å². The van der Waals surface area contributed by atoms with E-state index in [1.165, 1.54) is 0 Å². The van der Waals surface area contributed by atoms with Gasteiger partial charge in [-0.1, -0.05) is 12.1 Å². The summed E-state index contributed by atoms with van der Waals surface area (Å²) in [4.78, 5) is 4.61. The number of aryl methyl sites for hydroxylation is 3. The normalized spacial score (nSPS) is 11.1. The number of fused-ring (bicyclic) bond motifs is 2. The molecule has 5 nitrogen and oxygen atoms in total. The van der Waals surface area contributed by atoms with Crippen molar-refractivity contribution in [2.75, 3.05) is 21.3 Å². The Kier molecular flexibility index (Phi) is 4.90. The van der Waals surface area contributed by atoms with E-state index >= 15 is 0 Å². The largest absolute Gasteiger partial charge is 0.507 e. The molecule has 4 rings (SSSR count). The molecule has 154 valence electrons. The van der Waals surface area contributed by atoms with Crippen LogP contribution in [0.4, 0.5) is 0 Å². The second kappa shape index (κ2) is 7.41. The summed E-state index contributed by atoms with van der Waals surface area (Å²) in [5.41, 5.74) is 4.40. The number of phenolic OH excluding ortho intramolecular Hbond substituents is 1. The van der Waals surface area contributed by atoms with Gasteiger partial charge in [0.1, 0.15) is 23.0 Å². The molecule has 0 aliphatic carbocycles. The number of rotatable bonds is 4. The fourth-order valence-electron chi connectivity index (χ4n) is 4.38. The molecule has 0 unspecified atom stereocenters. The van der Waals surface area contributed by atoms with Gasteiger partial charge in [-0.25, -0.2) is 0 Å². The van der Waals surface area contributed by atoms with E-state index in [4.69, 9.17) is 14.2 Å². The number of benzene rings is 3. The molecule has 0 fully saturated rings. The summed E-state index contributed by atoms with van der Waals surface area (Å²) in [5, 5.41) is 14.7. The average molecular weight is 403 g/mol. The zero-order chi connectivity index (χ0) is 21.6. The van der Waals surface area contributed by atoms with E-state index in [2.05, 4.69) is 4.98 Å². The predicted molar refractivity (Wildman–Crippen MR) is 120 cm³/mol. The van der Waals surface area contributed by atoms with Gasteiger partial charge in [0.2, 0.25) is 0 Å². The highest BCUT2D eigenvalue weighted by molar-refractivity contribution is 6.13. The minimum absolute atomic E-state index is 0.154. The summed E-state index contributed by atoms with van der Waals surface area (Å²) in [6, 6.07) is 11.5. The highest BCUT2D eigenvalue weighted by Gasteiger charge is 2.22. The third kappa shape index (κ3) is 2.89. The van der Waals surface area contributed by atoms with E-state index in [0.29, 0.717) is 5.75 Å². The number of aromatic hydroxyl groups is 1. The van der Waals surface area contributed by atoms with Crippen LogP contribution in [0.15, 0.2) is 36.4 Å². The van der Waals surface area contributed by atoms with Gasteiger partial charge in [-0.05, 0) is 55.5 Å². The maximum Gasteiger partial charge on any atom is 0.132 e. The molecular formula is C25H25NO4. The van der Waals surface area contributed by atoms with E-state index in [-0.39, 0.29) is 5.75 Å². The number of phenols is 1. The zero-order valence-electron chi connectivity index (χ0n) is 18.1. The lowest BCUT2D eigenvalue weighted by atomic mass is 9.88. The van der Waals surface area contributed by atoms with Crippen molar-refractivity contribution in [2.24, 2.45) is 0 Å². The van der Waals surface area contributed by atoms with Gasteiger partial charge < -0.3 is 19.3 Å². The van der Waals surface area contributed by atoms with Crippen molar-refractivity contribution in [3.8, 4) is 34.1 Å². The average Bonchev–Trinajstić information content (AvgIpc) is 2.72. The van der Waals surface area contributed by atoms with Crippen LogP contribution in [0.25, 0.3) is 32.7 Å². The second-order valence-electron chi connectivity index (χ2n) is 7.40. The molecule has 4 aromatic rings. The number of ether oxygens (including phenoxy) is 3. The monoisotopic (exact) mass is 403 g/mol. The van der Waals surface area contributed by atoms with Crippen LogP contribution in [0.5, 0.6) is 23.0 Å². The molecule has 0 aliphatic rings. The first-order valence-corrected chi connectivity index (χ1v) is 9.73. The Labute approximate surface area is 175 Å². The Morgan fingerprint density at radius 2 is 1.40 bits per heavy atom. The highest BCUT2D eigenvalue weighted by atomic mass is 16.5. The molecule has 0 radical (unpaired) electrons. The van der Waals surface area contributed by atoms with Crippen LogP contribution in [0.2, 0.25) is 0 Å². The Bertz CT molecular complexity index is 1290. The fraction of sp³-hybridized carbons (Fsp3) is 0.240. The summed E-state index contributed by atoms with van der Waals surface area (Å²) in [6.07, 6.45) is 0. The quantitative estimate of drug-likeness (QED) is 0.473. The van der Waals surface area contributed by atoms with Gasteiger partial charge in [0.25, 0.3) is 0 Å². The summed E-state index contributed by atoms with van der Waals surface area (Å²) < 4.78 is 16.9. The van der Waals surface area contributed by atoms with Crippen LogP contribution in [0, 0.1) is 20.8 Å². The van der Waals surface area contributed by atoms with Gasteiger partial charge in [-0.15, -0.1) is 0 Å². The maximum absolute atomic E-state index is 11.1. The predicted octanol–water partition coefficient (Wildman–Crippen LogP) is 5.71. The van der Waals surface area contributed by atoms with Crippen LogP contribution < -0.4 is 14.2 Å². The smallest absolute Gasteiger partial charge is 0.132 e. The summed E-state index contributed by atoms with van der Waals surface area (Å²) in [5.74, 6) is 2.21. The Morgan fingerprint density at radius 1 is 0.733 bits per heavy atom. The molecule has 0 bridgehead atoms. The molecule has 3 aromatic carbocycles. The number of pyridine rings is 1. The highest BCUT2D eigenvalue weighted by Crippen LogP contribution is 2.48. The van der Waals surface area contributed by atoms with Crippen molar-refractivity contribution < 1.29 is 19.3 Å². The third-order valence-corrected chi connectivity index (χ3v) is 5.56. The van der Waals surface area contributed by atoms with Crippen molar-refractivity contribution in [1.82, 2.24) is 4.98 Å². The molecule has 0 amide bonds. The van der Waals surface area contributed by atoms with Crippen molar-refractivity contribution in [1.29, 1.82) is 0 Å². The van der Waals surface area contributed by atoms with Crippen LogP contribution in [0.3, 0.4) is 0 Å². The second-order valence-corrected chi connectivity index (χ2v) is 7.40. The minimum atomic E-state index is 0.154. The lowest BCUT2D eigenvalue weighted by Gasteiger charge is -2.20. The van der Waals surface area contributed by atoms with Crippen molar-refractivity contribution in [3.05, 3.63) is 53.3 Å². The lowest BCUT2D eigenvalue weighted by Crippen LogP contribution is -1.98. The Balaban J connectivity index is 2.25. The molecular weight excluding hydrogens is 378 g/mol. The Hall–Kier alpha value is -3.47. The van der Waals surface area contributed by atoms with Gasteiger partial charge in [0, 0.05) is 33.8 Å². The van der Waals surface area contributed by atoms with Crippen LogP contribution in [-0.2, 0) is 0 Å². The van der Waals surface area contributed by atoms with Gasteiger partial charge >= 0.3 is 0 Å². The number of hydrogen-bond acceptors (Lipinski definition) is 5. The van der Waals surface area contributed by atoms with Gasteiger partial charge in [0.15, 0.2) is 0 Å². The number of nitrogens with zero attached hydrogens (tertiary/aromatic N) is 1. The van der Waals surface area contributed by atoms with Crippen LogP contribution >= 0.6 is 0 Å². The van der Waals surface area contributed by atoms with E-state index in [1.54, 1.807) is 27.4 Å². The van der Waals surface area contributed by atoms with Crippen LogP contribution in [0.1, 0.15) is 17.0 Å². The number of hydrogen-bond donors (Lipinski definition) is 1. The standard InChI is InChI=1S/C25H25NO4/c1-13-10-20(29-5)25-16(8-7-9-19(25)28-4)22(13)24-17-11-14(2)26-15(3)23(17)21(30-6)12-18(24)27/h7-12,27H,1-6H3. The van der Waals surface area contributed by atoms with Crippen molar-refractivity contribution >= 4 is 21.5 Å². The molecule has 1 heterocycles. The van der Waals surface area contributed by atoms with Gasteiger partial charge in [-0.3, -0.25) is 4.98 Å². The van der Waals surface area contributed by atoms with Gasteiger partial charge in [0.05, 0.1) is 26.7 Å². The van der Waals surface area contributed by atoms with E-state index in [1.807, 2.05) is 51.1 Å². The number of aromatic nitrogens is 1. The first-order valence-electron chi connectivity index (χ1n) is 9.73. The third-order valence-electron chi connectivity index (χ3n) is 5.56.